The lowest BCUT2D eigenvalue weighted by Crippen LogP contribution is -2.38. The van der Waals surface area contributed by atoms with E-state index in [1.165, 1.54) is 0 Å². The van der Waals surface area contributed by atoms with Crippen LogP contribution >= 0.6 is 0 Å². The van der Waals surface area contributed by atoms with Crippen LogP contribution in [0.2, 0.25) is 0 Å². The van der Waals surface area contributed by atoms with Gasteiger partial charge < -0.3 is 19.3 Å². The third-order valence-electron chi connectivity index (χ3n) is 5.15. The molecular formula is C23H28N2O4. The molecule has 0 aliphatic carbocycles. The second-order valence-corrected chi connectivity index (χ2v) is 7.19. The molecular weight excluding hydrogens is 368 g/mol. The van der Waals surface area contributed by atoms with Crippen molar-refractivity contribution >= 4 is 17.5 Å². The molecule has 29 heavy (non-hydrogen) atoms. The van der Waals surface area contributed by atoms with Crippen LogP contribution in [0.15, 0.2) is 48.5 Å². The highest BCUT2D eigenvalue weighted by atomic mass is 16.5. The van der Waals surface area contributed by atoms with Crippen molar-refractivity contribution in [2.75, 3.05) is 38.3 Å². The number of hydrogen-bond donors (Lipinski definition) is 0. The minimum absolute atomic E-state index is 0.00183. The first kappa shape index (κ1) is 20.7. The number of carbonyl (C=O) groups is 2. The number of methoxy groups -OCH3 is 1. The summed E-state index contributed by atoms with van der Waals surface area (Å²) in [6.07, 6.45) is 0.254. The van der Waals surface area contributed by atoms with E-state index in [9.17, 15) is 9.59 Å². The topological polar surface area (TPSA) is 59.1 Å². The van der Waals surface area contributed by atoms with Crippen molar-refractivity contribution in [1.29, 1.82) is 0 Å². The van der Waals surface area contributed by atoms with Crippen molar-refractivity contribution in [3.8, 4) is 11.5 Å². The molecule has 1 aliphatic heterocycles. The Morgan fingerprint density at radius 3 is 2.55 bits per heavy atom. The smallest absolute Gasteiger partial charge is 0.232 e. The fourth-order valence-corrected chi connectivity index (χ4v) is 3.58. The van der Waals surface area contributed by atoms with E-state index in [0.717, 1.165) is 22.7 Å². The Morgan fingerprint density at radius 1 is 1.17 bits per heavy atom. The highest BCUT2D eigenvalue weighted by Crippen LogP contribution is 2.24. The van der Waals surface area contributed by atoms with Gasteiger partial charge in [-0.15, -0.1) is 0 Å². The SMILES string of the molecule is CCN(C(=O)C1CC(=O)N(CCOc2ccc(OC)cc2)C1)c1cccc(C)c1. The fraction of sp³-hybridized carbons (Fsp3) is 0.391. The largest absolute Gasteiger partial charge is 0.497 e. The van der Waals surface area contributed by atoms with Gasteiger partial charge in [-0.25, -0.2) is 0 Å². The zero-order chi connectivity index (χ0) is 20.8. The van der Waals surface area contributed by atoms with Crippen LogP contribution in [-0.4, -0.2) is 50.1 Å². The number of carbonyl (C=O) groups excluding carboxylic acids is 2. The molecule has 2 aromatic rings. The van der Waals surface area contributed by atoms with E-state index in [-0.39, 0.29) is 24.2 Å². The van der Waals surface area contributed by atoms with Crippen molar-refractivity contribution in [3.05, 3.63) is 54.1 Å². The standard InChI is InChI=1S/C23H28N2O4/c1-4-25(19-7-5-6-17(2)14-19)23(27)18-15-22(26)24(16-18)12-13-29-21-10-8-20(28-3)9-11-21/h5-11,14,18H,4,12-13,15-16H2,1-3H3. The van der Waals surface area contributed by atoms with Crippen LogP contribution in [0.25, 0.3) is 0 Å². The summed E-state index contributed by atoms with van der Waals surface area (Å²) in [6, 6.07) is 15.2. The predicted octanol–water partition coefficient (Wildman–Crippen LogP) is 3.28. The quantitative estimate of drug-likeness (QED) is 0.687. The third-order valence-corrected chi connectivity index (χ3v) is 5.15. The Morgan fingerprint density at radius 2 is 1.90 bits per heavy atom. The minimum atomic E-state index is -0.316. The molecule has 3 rings (SSSR count). The molecule has 6 nitrogen and oxygen atoms in total. The number of amides is 2. The Hall–Kier alpha value is -3.02. The molecule has 0 aromatic heterocycles. The summed E-state index contributed by atoms with van der Waals surface area (Å²) < 4.78 is 10.8. The predicted molar refractivity (Wildman–Crippen MR) is 112 cm³/mol. The molecule has 2 amide bonds. The van der Waals surface area contributed by atoms with E-state index >= 15 is 0 Å². The van der Waals surface area contributed by atoms with Crippen LogP contribution < -0.4 is 14.4 Å². The maximum atomic E-state index is 13.0. The van der Waals surface area contributed by atoms with E-state index in [4.69, 9.17) is 9.47 Å². The molecule has 0 spiro atoms. The van der Waals surface area contributed by atoms with E-state index < -0.39 is 0 Å². The number of rotatable bonds is 8. The summed E-state index contributed by atoms with van der Waals surface area (Å²) in [5.41, 5.74) is 1.99. The first-order valence-electron chi connectivity index (χ1n) is 9.94. The number of anilines is 1. The van der Waals surface area contributed by atoms with Crippen LogP contribution in [0, 0.1) is 12.8 Å². The highest BCUT2D eigenvalue weighted by molar-refractivity contribution is 5.99. The van der Waals surface area contributed by atoms with Gasteiger partial charge in [-0.3, -0.25) is 9.59 Å². The second-order valence-electron chi connectivity index (χ2n) is 7.19. The molecule has 1 atom stereocenters. The van der Waals surface area contributed by atoms with Gasteiger partial charge >= 0.3 is 0 Å². The molecule has 1 aliphatic rings. The van der Waals surface area contributed by atoms with Gasteiger partial charge in [0.25, 0.3) is 0 Å². The van der Waals surface area contributed by atoms with E-state index in [1.807, 2.05) is 62.4 Å². The lowest BCUT2D eigenvalue weighted by molar-refractivity contribution is -0.128. The summed E-state index contributed by atoms with van der Waals surface area (Å²) >= 11 is 0. The number of benzene rings is 2. The minimum Gasteiger partial charge on any atom is -0.497 e. The Bertz CT molecular complexity index is 850. The molecule has 1 unspecified atom stereocenters. The Balaban J connectivity index is 1.55. The zero-order valence-corrected chi connectivity index (χ0v) is 17.3. The van der Waals surface area contributed by atoms with Gasteiger partial charge in [0.05, 0.1) is 19.6 Å². The number of hydrogen-bond acceptors (Lipinski definition) is 4. The number of nitrogens with zero attached hydrogens (tertiary/aromatic N) is 2. The van der Waals surface area contributed by atoms with Crippen molar-refractivity contribution in [2.24, 2.45) is 5.92 Å². The second kappa shape index (κ2) is 9.45. The van der Waals surface area contributed by atoms with Gasteiger partial charge in [-0.2, -0.15) is 0 Å². The van der Waals surface area contributed by atoms with Crippen molar-refractivity contribution in [3.63, 3.8) is 0 Å². The van der Waals surface area contributed by atoms with Gasteiger partial charge in [0.1, 0.15) is 18.1 Å². The lowest BCUT2D eigenvalue weighted by Gasteiger charge is -2.24. The van der Waals surface area contributed by atoms with Crippen LogP contribution in [0.1, 0.15) is 18.9 Å². The first-order chi connectivity index (χ1) is 14.0. The fourth-order valence-electron chi connectivity index (χ4n) is 3.58. The number of likely N-dealkylation sites (tertiary alicyclic amines) is 1. The average molecular weight is 396 g/mol. The van der Waals surface area contributed by atoms with Crippen LogP contribution in [0.4, 0.5) is 5.69 Å². The molecule has 1 saturated heterocycles. The van der Waals surface area contributed by atoms with Gasteiger partial charge in [0, 0.05) is 25.2 Å². The molecule has 0 bridgehead atoms. The maximum Gasteiger partial charge on any atom is 0.232 e. The molecule has 1 fully saturated rings. The van der Waals surface area contributed by atoms with E-state index in [1.54, 1.807) is 16.9 Å². The van der Waals surface area contributed by atoms with Crippen molar-refractivity contribution in [1.82, 2.24) is 4.90 Å². The summed E-state index contributed by atoms with van der Waals surface area (Å²) in [7, 11) is 1.62. The molecule has 0 saturated carbocycles. The van der Waals surface area contributed by atoms with Crippen LogP contribution in [0.5, 0.6) is 11.5 Å². The molecule has 0 radical (unpaired) electrons. The maximum absolute atomic E-state index is 13.0. The number of ether oxygens (including phenoxy) is 2. The lowest BCUT2D eigenvalue weighted by atomic mass is 10.1. The summed E-state index contributed by atoms with van der Waals surface area (Å²) in [5.74, 6) is 1.18. The monoisotopic (exact) mass is 396 g/mol. The summed E-state index contributed by atoms with van der Waals surface area (Å²) in [6.45, 7) is 5.82. The Labute approximate surface area is 172 Å². The normalized spacial score (nSPS) is 16.0. The van der Waals surface area contributed by atoms with Crippen LogP contribution in [0.3, 0.4) is 0 Å². The van der Waals surface area contributed by atoms with E-state index in [0.29, 0.717) is 26.2 Å². The Kier molecular flexibility index (Phi) is 6.75. The van der Waals surface area contributed by atoms with Gasteiger partial charge in [-0.1, -0.05) is 12.1 Å². The van der Waals surface area contributed by atoms with E-state index in [2.05, 4.69) is 0 Å². The van der Waals surface area contributed by atoms with Gasteiger partial charge in [-0.05, 0) is 55.8 Å². The molecule has 2 aromatic carbocycles. The zero-order valence-electron chi connectivity index (χ0n) is 17.3. The van der Waals surface area contributed by atoms with Gasteiger partial charge in [0.15, 0.2) is 0 Å². The van der Waals surface area contributed by atoms with Crippen LogP contribution in [-0.2, 0) is 9.59 Å². The average Bonchev–Trinajstić information content (AvgIpc) is 3.10. The van der Waals surface area contributed by atoms with Gasteiger partial charge in [0.2, 0.25) is 11.8 Å². The molecule has 1 heterocycles. The number of aryl methyl sites for hydroxylation is 1. The molecule has 0 N–H and O–H groups in total. The molecule has 6 heteroatoms. The van der Waals surface area contributed by atoms with Crippen molar-refractivity contribution < 1.29 is 19.1 Å². The molecule has 154 valence electrons. The summed E-state index contributed by atoms with van der Waals surface area (Å²) in [5, 5.41) is 0. The first-order valence-corrected chi connectivity index (χ1v) is 9.94. The highest BCUT2D eigenvalue weighted by Gasteiger charge is 2.36. The van der Waals surface area contributed by atoms with Crippen molar-refractivity contribution in [2.45, 2.75) is 20.3 Å². The summed E-state index contributed by atoms with van der Waals surface area (Å²) in [4.78, 5) is 28.9. The third kappa shape index (κ3) is 5.08.